The van der Waals surface area contributed by atoms with E-state index >= 15 is 18.4 Å². The third-order valence-corrected chi connectivity index (χ3v) is 23.5. The van der Waals surface area contributed by atoms with Crippen molar-refractivity contribution >= 4 is 76.7 Å². The van der Waals surface area contributed by atoms with Crippen LogP contribution >= 0.6 is 23.5 Å². The lowest BCUT2D eigenvalue weighted by atomic mass is 9.76. The van der Waals surface area contributed by atoms with Crippen LogP contribution in [0, 0.1) is 29.6 Å². The molecule has 8 unspecified atom stereocenters. The Morgan fingerprint density at radius 1 is 0.670 bits per heavy atom. The van der Waals surface area contributed by atoms with Gasteiger partial charge in [0.15, 0.2) is 0 Å². The number of hydrogen-bond acceptors (Lipinski definition) is 16. The van der Waals surface area contributed by atoms with E-state index in [1.165, 1.54) is 23.6 Å². The average molecular weight is 1360 g/mol. The molecular weight excluding hydrogens is 1250 g/mol. The zero-order chi connectivity index (χ0) is 67.2. The summed E-state index contributed by atoms with van der Waals surface area (Å²) in [6.07, 6.45) is 3.30. The Bertz CT molecular complexity index is 2810. The molecule has 3 saturated carbocycles. The lowest BCUT2D eigenvalue weighted by Gasteiger charge is -2.43. The summed E-state index contributed by atoms with van der Waals surface area (Å²) >= 11 is 3.20. The van der Waals surface area contributed by atoms with Gasteiger partial charge in [0.1, 0.15) is 60.2 Å². The van der Waals surface area contributed by atoms with Gasteiger partial charge in [-0.25, -0.2) is 8.78 Å². The number of benzene rings is 1. The monoisotopic (exact) mass is 1350 g/mol. The van der Waals surface area contributed by atoms with Crippen molar-refractivity contribution in [2.24, 2.45) is 35.3 Å². The fraction of sp³-hybridized carbons (Fsp3) is 0.776. The number of nitrogens with two attached hydrogens (primary N) is 1. The first-order valence-electron chi connectivity index (χ1n) is 34.8. The Kier molecular flexibility index (Phi) is 26.7. The van der Waals surface area contributed by atoms with Gasteiger partial charge in [-0.05, 0) is 203 Å². The van der Waals surface area contributed by atoms with Crippen LogP contribution < -0.4 is 53.6 Å². The molecule has 524 valence electrons. The van der Waals surface area contributed by atoms with E-state index in [9.17, 15) is 43.8 Å². The Morgan fingerprint density at radius 3 is 1.90 bits per heavy atom. The first-order valence-corrected chi connectivity index (χ1v) is 37.2. The quantitative estimate of drug-likeness (QED) is 0.141. The molecular formula is C67H104F2N12O11S2. The summed E-state index contributed by atoms with van der Waals surface area (Å²) in [7, 11) is 0. The summed E-state index contributed by atoms with van der Waals surface area (Å²) in [5, 5.41) is 48.8. The minimum absolute atomic E-state index is 0.00707. The number of aliphatic hydroxyl groups excluding tert-OH is 2. The maximum Gasteiger partial charge on any atom is 0.246 e. The van der Waals surface area contributed by atoms with Crippen LogP contribution in [0.4, 0.5) is 8.78 Å². The molecule has 9 rings (SSSR count). The average Bonchev–Trinajstić information content (AvgIpc) is 1.46. The number of unbranched alkanes of at least 4 members (excludes halogenated alkanes) is 1. The van der Waals surface area contributed by atoms with Gasteiger partial charge in [-0.1, -0.05) is 24.3 Å². The lowest BCUT2D eigenvalue weighted by molar-refractivity contribution is -0.152. The van der Waals surface area contributed by atoms with E-state index in [1.54, 1.807) is 30.4 Å². The maximum atomic E-state index is 15.3. The Balaban J connectivity index is 0.987. The van der Waals surface area contributed by atoms with E-state index in [0.29, 0.717) is 126 Å². The van der Waals surface area contributed by atoms with E-state index in [-0.39, 0.29) is 118 Å². The van der Waals surface area contributed by atoms with Crippen molar-refractivity contribution in [2.45, 2.75) is 245 Å². The zero-order valence-corrected chi connectivity index (χ0v) is 56.7. The topological polar surface area (TPSA) is 335 Å². The van der Waals surface area contributed by atoms with Crippen LogP contribution in [0.2, 0.25) is 0 Å². The molecule has 7 fully saturated rings. The Hall–Kier alpha value is -5.19. The van der Waals surface area contributed by atoms with Gasteiger partial charge in [0.2, 0.25) is 53.2 Å². The molecule has 9 amide bonds. The van der Waals surface area contributed by atoms with Gasteiger partial charge >= 0.3 is 0 Å². The molecule has 4 saturated heterocycles. The number of thioether (sulfide) groups is 2. The third kappa shape index (κ3) is 19.1. The number of fused-ring (bicyclic) bond motifs is 6. The standard InChI is InChI=1S/C67H104F2N12O11S2/c1-38-59(85)76-53(30-43-34-72-50-17-13-45(68)32-48(43)50)61(87)77-55(31-44-35-73-51-18-14-46(69)33-49(44)51)64(90)80-25-19-56(80)62(88)79-58(39(2)82)63(89)78-54(29-40-11-15-47(83)16-12-40)65(91)81-24-7-21-67(81,3)66(92)71-23-27-94-37-42-9-6-8-41(28-42)36-93-26-20-57(84)75-52(60(86)74-38)10-4-5-22-70/h6,8-9,28,38-40,43-56,58,72-73,82-83H,4-5,7,10-27,29-37,70H2,1-3H3,(H,71,92)(H,74,86)(H,75,84)(H,76,85)(H,77,87)(H,78,89)(H,79,88)/t38-,39-,40?,43?,44?,45?,46?,47?,48?,49?,50?,51?,52+,53+,54+,55+,56+,58+,67+/m1/s1. The predicted octanol–water partition coefficient (Wildman–Crippen LogP) is 2.27. The molecule has 0 aromatic heterocycles. The molecule has 13 N–H and O–H groups in total. The van der Waals surface area contributed by atoms with Crippen LogP contribution in [-0.4, -0.2) is 208 Å². The SMILES string of the molecule is C[C@H]1NC(=O)[C@H](CCCCN)NC(=O)CCSCc2cccc(c2)CSCCNC(=O)[C@]2(C)CCCN2C(=O)[C@H](CC2CCC(O)CC2)NC(=O)[C@H]([C@@H](C)O)NC(=O)[C@@H]2CCN2C(=O)[C@H](CC2CNC3CCC(F)CC23)NC(=O)[C@H](CC2CNC3CCC(F)CC23)NC1=O. The van der Waals surface area contributed by atoms with E-state index in [4.69, 9.17) is 5.73 Å². The highest BCUT2D eigenvalue weighted by Gasteiger charge is 2.50. The first kappa shape index (κ1) is 73.1. The van der Waals surface area contributed by atoms with E-state index < -0.39 is 114 Å². The summed E-state index contributed by atoms with van der Waals surface area (Å²) in [5.74, 6) is -4.18. The third-order valence-electron chi connectivity index (χ3n) is 21.4. The molecule has 2 bridgehead atoms. The fourth-order valence-electron chi connectivity index (χ4n) is 15.8. The van der Waals surface area contributed by atoms with Crippen LogP contribution in [0.15, 0.2) is 24.3 Å². The Morgan fingerprint density at radius 2 is 1.28 bits per heavy atom. The van der Waals surface area contributed by atoms with E-state index in [1.807, 2.05) is 18.2 Å². The summed E-state index contributed by atoms with van der Waals surface area (Å²) in [6, 6.07) is -0.736. The van der Waals surface area contributed by atoms with Gasteiger partial charge in [0.05, 0.1) is 12.2 Å². The number of halogens is 2. The summed E-state index contributed by atoms with van der Waals surface area (Å²) in [5.41, 5.74) is 6.71. The van der Waals surface area contributed by atoms with E-state index in [2.05, 4.69) is 53.9 Å². The smallest absolute Gasteiger partial charge is 0.246 e. The molecule has 0 spiro atoms. The molecule has 1 aromatic carbocycles. The number of hydrogen-bond donors (Lipinski definition) is 12. The summed E-state index contributed by atoms with van der Waals surface area (Å²) < 4.78 is 30.4. The highest BCUT2D eigenvalue weighted by molar-refractivity contribution is 7.98. The normalized spacial score (nSPS) is 36.5. The second-order valence-corrected chi connectivity index (χ2v) is 30.5. The molecule has 0 radical (unpaired) electrons. The minimum Gasteiger partial charge on any atom is -0.393 e. The molecule has 3 aliphatic carbocycles. The van der Waals surface area contributed by atoms with Crippen molar-refractivity contribution in [3.8, 4) is 0 Å². The number of carbonyl (C=O) groups is 9. The van der Waals surface area contributed by atoms with Gasteiger partial charge in [-0.15, -0.1) is 0 Å². The van der Waals surface area contributed by atoms with Gasteiger partial charge in [-0.2, -0.15) is 23.5 Å². The molecule has 1 aromatic rings. The number of nitrogens with zero attached hydrogens (tertiary/aromatic N) is 2. The van der Waals surface area contributed by atoms with Crippen LogP contribution in [0.25, 0.3) is 0 Å². The minimum atomic E-state index is -1.61. The Labute approximate surface area is 560 Å². The number of rotatable bonds is 11. The van der Waals surface area contributed by atoms with Crippen molar-refractivity contribution < 1.29 is 62.1 Å². The van der Waals surface area contributed by atoms with Crippen molar-refractivity contribution in [1.82, 2.24) is 57.7 Å². The highest BCUT2D eigenvalue weighted by atomic mass is 32.2. The second kappa shape index (κ2) is 34.3. The fourth-order valence-corrected chi connectivity index (χ4v) is 17.5. The summed E-state index contributed by atoms with van der Waals surface area (Å²) in [4.78, 5) is 134. The molecule has 8 aliphatic rings. The van der Waals surface area contributed by atoms with E-state index in [0.717, 1.165) is 11.1 Å². The van der Waals surface area contributed by atoms with Gasteiger partial charge < -0.3 is 73.6 Å². The van der Waals surface area contributed by atoms with Crippen LogP contribution in [0.5, 0.6) is 0 Å². The van der Waals surface area contributed by atoms with Gasteiger partial charge in [0, 0.05) is 61.2 Å². The molecule has 94 heavy (non-hydrogen) atoms. The zero-order valence-electron chi connectivity index (χ0n) is 55.0. The molecule has 5 aliphatic heterocycles. The second-order valence-electron chi connectivity index (χ2n) is 28.3. The number of amides is 9. The number of alkyl halides is 2. The molecule has 17 atom stereocenters. The largest absolute Gasteiger partial charge is 0.393 e. The molecule has 23 nitrogen and oxygen atoms in total. The van der Waals surface area contributed by atoms with Crippen molar-refractivity contribution in [3.63, 3.8) is 0 Å². The van der Waals surface area contributed by atoms with Crippen molar-refractivity contribution in [1.29, 1.82) is 0 Å². The molecule has 5 heterocycles. The molecule has 27 heteroatoms. The van der Waals surface area contributed by atoms with Crippen molar-refractivity contribution in [3.05, 3.63) is 35.4 Å². The predicted molar refractivity (Wildman–Crippen MR) is 355 cm³/mol. The van der Waals surface area contributed by atoms with Crippen LogP contribution in [0.3, 0.4) is 0 Å². The number of nitrogens with one attached hydrogen (secondary N) is 9. The van der Waals surface area contributed by atoms with Crippen molar-refractivity contribution in [2.75, 3.05) is 50.8 Å². The van der Waals surface area contributed by atoms with Gasteiger partial charge in [-0.3, -0.25) is 43.2 Å². The van der Waals surface area contributed by atoms with Gasteiger partial charge in [0.25, 0.3) is 0 Å². The van der Waals surface area contributed by atoms with Crippen LogP contribution in [-0.2, 0) is 54.7 Å². The summed E-state index contributed by atoms with van der Waals surface area (Å²) in [6.45, 7) is 6.38. The maximum absolute atomic E-state index is 15.3. The lowest BCUT2D eigenvalue weighted by Crippen LogP contribution is -2.66. The highest BCUT2D eigenvalue weighted by Crippen LogP contribution is 2.41. The number of carbonyl (C=O) groups excluding carboxylic acids is 9. The first-order chi connectivity index (χ1) is 45.1. The number of aliphatic hydroxyl groups is 2. The van der Waals surface area contributed by atoms with Crippen LogP contribution in [0.1, 0.15) is 160 Å².